The molecule has 3 atom stereocenters. The first-order valence-corrected chi connectivity index (χ1v) is 8.38. The van der Waals surface area contributed by atoms with Gasteiger partial charge in [-0.1, -0.05) is 0 Å². The second-order valence-corrected chi connectivity index (χ2v) is 7.61. The van der Waals surface area contributed by atoms with E-state index in [9.17, 15) is 8.42 Å². The van der Waals surface area contributed by atoms with E-state index in [1.54, 1.807) is 0 Å². The first-order chi connectivity index (χ1) is 8.11. The molecule has 0 bridgehead atoms. The molecule has 100 valence electrons. The van der Waals surface area contributed by atoms with E-state index >= 15 is 0 Å². The van der Waals surface area contributed by atoms with Crippen molar-refractivity contribution >= 4 is 9.84 Å². The van der Waals surface area contributed by atoms with E-state index in [-0.39, 0.29) is 0 Å². The highest BCUT2D eigenvalue weighted by Gasteiger charge is 2.32. The molecule has 2 fully saturated rings. The zero-order valence-electron chi connectivity index (χ0n) is 10.5. The van der Waals surface area contributed by atoms with Crippen LogP contribution in [0, 0.1) is 11.8 Å². The number of nitrogens with one attached hydrogen (secondary N) is 1. The lowest BCUT2D eigenvalue weighted by atomic mass is 9.87. The Kier molecular flexibility index (Phi) is 4.44. The molecule has 2 saturated heterocycles. The Morgan fingerprint density at radius 2 is 2.24 bits per heavy atom. The van der Waals surface area contributed by atoms with Crippen molar-refractivity contribution in [1.29, 1.82) is 0 Å². The van der Waals surface area contributed by atoms with Crippen LogP contribution < -0.4 is 5.32 Å². The highest BCUT2D eigenvalue weighted by molar-refractivity contribution is 7.91. The predicted octanol–water partition coefficient (Wildman–Crippen LogP) is 0.826. The molecule has 2 aliphatic heterocycles. The summed E-state index contributed by atoms with van der Waals surface area (Å²) in [5.74, 6) is 1.67. The van der Waals surface area contributed by atoms with Crippen LogP contribution in [-0.4, -0.2) is 46.2 Å². The van der Waals surface area contributed by atoms with Crippen LogP contribution in [0.2, 0.25) is 0 Å². The molecule has 0 spiro atoms. The molecule has 2 aliphatic rings. The Morgan fingerprint density at radius 1 is 1.41 bits per heavy atom. The molecular formula is C12H23NO3S. The summed E-state index contributed by atoms with van der Waals surface area (Å²) in [6.07, 6.45) is 4.15. The summed E-state index contributed by atoms with van der Waals surface area (Å²) >= 11 is 0. The van der Waals surface area contributed by atoms with Crippen LogP contribution >= 0.6 is 0 Å². The molecule has 0 aromatic rings. The van der Waals surface area contributed by atoms with Gasteiger partial charge in [-0.25, -0.2) is 8.42 Å². The number of hydrogen-bond donors (Lipinski definition) is 1. The van der Waals surface area contributed by atoms with Gasteiger partial charge in [0.25, 0.3) is 0 Å². The van der Waals surface area contributed by atoms with Gasteiger partial charge < -0.3 is 10.1 Å². The van der Waals surface area contributed by atoms with Crippen molar-refractivity contribution in [3.8, 4) is 0 Å². The van der Waals surface area contributed by atoms with E-state index in [1.165, 1.54) is 6.42 Å². The Bertz CT molecular complexity index is 336. The number of hydrogen-bond acceptors (Lipinski definition) is 4. The van der Waals surface area contributed by atoms with Gasteiger partial charge in [-0.3, -0.25) is 0 Å². The van der Waals surface area contributed by atoms with Gasteiger partial charge in [0, 0.05) is 12.6 Å². The van der Waals surface area contributed by atoms with Crippen LogP contribution in [0.1, 0.15) is 25.7 Å². The maximum atomic E-state index is 11.4. The van der Waals surface area contributed by atoms with E-state index in [0.29, 0.717) is 29.4 Å². The molecule has 0 aliphatic carbocycles. The van der Waals surface area contributed by atoms with Crippen LogP contribution in [-0.2, 0) is 14.6 Å². The van der Waals surface area contributed by atoms with E-state index < -0.39 is 9.84 Å². The minimum absolute atomic E-state index is 0.347. The summed E-state index contributed by atoms with van der Waals surface area (Å²) in [6, 6.07) is 0.411. The highest BCUT2D eigenvalue weighted by Crippen LogP contribution is 2.27. The van der Waals surface area contributed by atoms with Gasteiger partial charge in [-0.15, -0.1) is 0 Å². The predicted molar refractivity (Wildman–Crippen MR) is 67.8 cm³/mol. The molecule has 3 unspecified atom stereocenters. The quantitative estimate of drug-likeness (QED) is 0.814. The topological polar surface area (TPSA) is 55.4 Å². The Labute approximate surface area is 104 Å². The molecule has 0 aromatic carbocycles. The van der Waals surface area contributed by atoms with Crippen molar-refractivity contribution < 1.29 is 13.2 Å². The van der Waals surface area contributed by atoms with Crippen LogP contribution in [0.25, 0.3) is 0 Å². The summed E-state index contributed by atoms with van der Waals surface area (Å²) in [5, 5.41) is 3.35. The van der Waals surface area contributed by atoms with Crippen molar-refractivity contribution in [2.75, 3.05) is 31.8 Å². The third kappa shape index (κ3) is 3.66. The Hall–Kier alpha value is -0.130. The van der Waals surface area contributed by atoms with Gasteiger partial charge in [0.1, 0.15) is 0 Å². The first kappa shape index (κ1) is 13.3. The van der Waals surface area contributed by atoms with Gasteiger partial charge in [-0.05, 0) is 44.6 Å². The van der Waals surface area contributed by atoms with Crippen molar-refractivity contribution in [1.82, 2.24) is 5.32 Å². The average molecular weight is 261 g/mol. The Balaban J connectivity index is 1.87. The molecule has 2 heterocycles. The molecule has 4 nitrogen and oxygen atoms in total. The fraction of sp³-hybridized carbons (Fsp3) is 1.00. The summed E-state index contributed by atoms with van der Waals surface area (Å²) in [4.78, 5) is 0. The fourth-order valence-corrected chi connectivity index (χ4v) is 4.93. The van der Waals surface area contributed by atoms with E-state index in [2.05, 4.69) is 5.32 Å². The van der Waals surface area contributed by atoms with Crippen LogP contribution in [0.5, 0.6) is 0 Å². The van der Waals surface area contributed by atoms with Gasteiger partial charge in [-0.2, -0.15) is 0 Å². The SMILES string of the molecule is CNC(CC1CCS(=O)(=O)C1)C1CCCOC1. The van der Waals surface area contributed by atoms with Gasteiger partial charge in [0.15, 0.2) is 9.84 Å². The van der Waals surface area contributed by atoms with Crippen LogP contribution in [0.4, 0.5) is 0 Å². The summed E-state index contributed by atoms with van der Waals surface area (Å²) in [5.41, 5.74) is 0. The molecule has 1 N–H and O–H groups in total. The van der Waals surface area contributed by atoms with E-state index in [0.717, 1.165) is 32.5 Å². The molecule has 0 amide bonds. The van der Waals surface area contributed by atoms with Gasteiger partial charge >= 0.3 is 0 Å². The smallest absolute Gasteiger partial charge is 0.150 e. The minimum atomic E-state index is -2.74. The van der Waals surface area contributed by atoms with E-state index in [1.807, 2.05) is 7.05 Å². The lowest BCUT2D eigenvalue weighted by Crippen LogP contribution is -2.39. The second kappa shape index (κ2) is 5.67. The summed E-state index contributed by atoms with van der Waals surface area (Å²) in [7, 11) is -0.764. The Morgan fingerprint density at radius 3 is 2.76 bits per heavy atom. The molecular weight excluding hydrogens is 238 g/mol. The minimum Gasteiger partial charge on any atom is -0.381 e. The highest BCUT2D eigenvalue weighted by atomic mass is 32.2. The molecule has 0 radical (unpaired) electrons. The van der Waals surface area contributed by atoms with Crippen LogP contribution in [0.15, 0.2) is 0 Å². The normalized spacial score (nSPS) is 34.6. The number of ether oxygens (including phenoxy) is 1. The summed E-state index contributed by atoms with van der Waals surface area (Å²) in [6.45, 7) is 1.70. The summed E-state index contributed by atoms with van der Waals surface area (Å²) < 4.78 is 28.4. The maximum Gasteiger partial charge on any atom is 0.150 e. The van der Waals surface area contributed by atoms with Gasteiger partial charge in [0.05, 0.1) is 18.1 Å². The first-order valence-electron chi connectivity index (χ1n) is 6.56. The monoisotopic (exact) mass is 261 g/mol. The van der Waals surface area contributed by atoms with E-state index in [4.69, 9.17) is 4.74 Å². The maximum absolute atomic E-state index is 11.4. The molecule has 0 aromatic heterocycles. The van der Waals surface area contributed by atoms with Crippen molar-refractivity contribution in [3.05, 3.63) is 0 Å². The second-order valence-electron chi connectivity index (χ2n) is 5.38. The van der Waals surface area contributed by atoms with Gasteiger partial charge in [0.2, 0.25) is 0 Å². The fourth-order valence-electron chi connectivity index (χ4n) is 3.05. The largest absolute Gasteiger partial charge is 0.381 e. The van der Waals surface area contributed by atoms with Crippen LogP contribution in [0.3, 0.4) is 0 Å². The average Bonchev–Trinajstić information content (AvgIpc) is 2.67. The van der Waals surface area contributed by atoms with Crippen molar-refractivity contribution in [2.45, 2.75) is 31.7 Å². The molecule has 2 rings (SSSR count). The number of rotatable bonds is 4. The standard InChI is InChI=1S/C12H23NO3S/c1-13-12(11-3-2-5-16-8-11)7-10-4-6-17(14,15)9-10/h10-13H,2-9H2,1H3. The van der Waals surface area contributed by atoms with Crippen molar-refractivity contribution in [3.63, 3.8) is 0 Å². The zero-order valence-corrected chi connectivity index (χ0v) is 11.3. The zero-order chi connectivity index (χ0) is 12.3. The lowest BCUT2D eigenvalue weighted by Gasteiger charge is -2.31. The molecule has 0 saturated carbocycles. The van der Waals surface area contributed by atoms with Crippen molar-refractivity contribution in [2.24, 2.45) is 11.8 Å². The third-order valence-electron chi connectivity index (χ3n) is 4.05. The molecule has 5 heteroatoms. The third-order valence-corrected chi connectivity index (χ3v) is 5.89. The lowest BCUT2D eigenvalue weighted by molar-refractivity contribution is 0.0370. The number of sulfone groups is 1. The molecule has 17 heavy (non-hydrogen) atoms.